The van der Waals surface area contributed by atoms with Crippen molar-refractivity contribution in [2.24, 2.45) is 5.92 Å². The fraction of sp³-hybridized carbons (Fsp3) is 0.917. The number of carbonyl (C=O) groups excluding carboxylic acids is 1. The van der Waals surface area contributed by atoms with Crippen LogP contribution in [0.4, 0.5) is 0 Å². The van der Waals surface area contributed by atoms with E-state index in [1.807, 2.05) is 13.8 Å². The molecule has 1 saturated heterocycles. The van der Waals surface area contributed by atoms with Crippen molar-refractivity contribution in [3.63, 3.8) is 0 Å². The molecular formula is C12H24N2O. The monoisotopic (exact) mass is 212 g/mol. The molecule has 1 rings (SSSR count). The molecule has 1 heterocycles. The van der Waals surface area contributed by atoms with E-state index in [0.29, 0.717) is 6.42 Å². The lowest BCUT2D eigenvalue weighted by Crippen LogP contribution is -2.30. The van der Waals surface area contributed by atoms with Gasteiger partial charge in [0.05, 0.1) is 0 Å². The van der Waals surface area contributed by atoms with Gasteiger partial charge in [0, 0.05) is 12.5 Å². The van der Waals surface area contributed by atoms with Crippen LogP contribution in [0.3, 0.4) is 0 Å². The van der Waals surface area contributed by atoms with E-state index < -0.39 is 0 Å². The molecule has 3 nitrogen and oxygen atoms in total. The van der Waals surface area contributed by atoms with Crippen molar-refractivity contribution in [2.45, 2.75) is 52.0 Å². The molecule has 88 valence electrons. The van der Waals surface area contributed by atoms with Crippen molar-refractivity contribution in [3.8, 4) is 0 Å². The molecule has 2 N–H and O–H groups in total. The van der Waals surface area contributed by atoms with Crippen LogP contribution in [0.5, 0.6) is 0 Å². The summed E-state index contributed by atoms with van der Waals surface area (Å²) >= 11 is 0. The molecule has 0 spiro atoms. The molecule has 0 aromatic heterocycles. The molecular weight excluding hydrogens is 188 g/mol. The number of amides is 1. The largest absolute Gasteiger partial charge is 0.354 e. The van der Waals surface area contributed by atoms with E-state index in [1.165, 1.54) is 19.3 Å². The number of carbonyl (C=O) groups is 1. The maximum absolute atomic E-state index is 11.4. The fourth-order valence-corrected chi connectivity index (χ4v) is 2.12. The Hall–Kier alpha value is -0.570. The second-order valence-corrected chi connectivity index (χ2v) is 4.81. The highest BCUT2D eigenvalue weighted by atomic mass is 16.1. The van der Waals surface area contributed by atoms with Gasteiger partial charge in [-0.1, -0.05) is 0 Å². The zero-order valence-electron chi connectivity index (χ0n) is 10.0. The Labute approximate surface area is 93.0 Å². The van der Waals surface area contributed by atoms with Gasteiger partial charge in [0.2, 0.25) is 5.91 Å². The summed E-state index contributed by atoms with van der Waals surface area (Å²) in [5.74, 6) is 1.05. The van der Waals surface area contributed by atoms with E-state index in [1.54, 1.807) is 0 Å². The van der Waals surface area contributed by atoms with Crippen molar-refractivity contribution in [3.05, 3.63) is 0 Å². The van der Waals surface area contributed by atoms with Gasteiger partial charge in [-0.25, -0.2) is 0 Å². The first-order chi connectivity index (χ1) is 7.18. The van der Waals surface area contributed by atoms with Crippen LogP contribution in [0.25, 0.3) is 0 Å². The Morgan fingerprint density at radius 2 is 2.07 bits per heavy atom. The average molecular weight is 212 g/mol. The Bertz CT molecular complexity index is 186. The second-order valence-electron chi connectivity index (χ2n) is 4.81. The Morgan fingerprint density at radius 1 is 1.40 bits per heavy atom. The number of nitrogens with one attached hydrogen (secondary N) is 2. The minimum Gasteiger partial charge on any atom is -0.354 e. The van der Waals surface area contributed by atoms with Gasteiger partial charge < -0.3 is 10.6 Å². The standard InChI is InChI=1S/C12H24N2O/c1-10(2)14-12(15)5-3-4-11-6-8-13-9-7-11/h10-11,13H,3-9H2,1-2H3,(H,14,15). The summed E-state index contributed by atoms with van der Waals surface area (Å²) in [7, 11) is 0. The maximum atomic E-state index is 11.4. The van der Waals surface area contributed by atoms with Crippen LogP contribution in [0.2, 0.25) is 0 Å². The minimum absolute atomic E-state index is 0.207. The first-order valence-corrected chi connectivity index (χ1v) is 6.18. The zero-order chi connectivity index (χ0) is 11.1. The van der Waals surface area contributed by atoms with Crippen LogP contribution >= 0.6 is 0 Å². The van der Waals surface area contributed by atoms with Crippen molar-refractivity contribution in [1.82, 2.24) is 10.6 Å². The Morgan fingerprint density at radius 3 is 2.67 bits per heavy atom. The molecule has 0 aromatic rings. The van der Waals surface area contributed by atoms with E-state index in [4.69, 9.17) is 0 Å². The summed E-state index contributed by atoms with van der Waals surface area (Å²) in [6, 6.07) is 0.274. The highest BCUT2D eigenvalue weighted by Gasteiger charge is 2.13. The van der Waals surface area contributed by atoms with E-state index in [0.717, 1.165) is 25.4 Å². The topological polar surface area (TPSA) is 41.1 Å². The van der Waals surface area contributed by atoms with Crippen LogP contribution in [-0.2, 0) is 4.79 Å². The third kappa shape index (κ3) is 5.78. The summed E-state index contributed by atoms with van der Waals surface area (Å²) in [5, 5.41) is 6.29. The predicted molar refractivity (Wildman–Crippen MR) is 62.7 cm³/mol. The van der Waals surface area contributed by atoms with Crippen molar-refractivity contribution in [1.29, 1.82) is 0 Å². The lowest BCUT2D eigenvalue weighted by molar-refractivity contribution is -0.121. The fourth-order valence-electron chi connectivity index (χ4n) is 2.12. The SMILES string of the molecule is CC(C)NC(=O)CCCC1CCNCC1. The quantitative estimate of drug-likeness (QED) is 0.728. The number of hydrogen-bond acceptors (Lipinski definition) is 2. The number of hydrogen-bond donors (Lipinski definition) is 2. The molecule has 0 radical (unpaired) electrons. The van der Waals surface area contributed by atoms with Gasteiger partial charge in [-0.05, 0) is 58.5 Å². The summed E-state index contributed by atoms with van der Waals surface area (Å²) in [6.45, 7) is 6.32. The lowest BCUT2D eigenvalue weighted by atomic mass is 9.92. The van der Waals surface area contributed by atoms with Gasteiger partial charge in [0.25, 0.3) is 0 Å². The minimum atomic E-state index is 0.207. The molecule has 0 atom stereocenters. The number of piperidine rings is 1. The molecule has 15 heavy (non-hydrogen) atoms. The summed E-state index contributed by atoms with van der Waals surface area (Å²) in [4.78, 5) is 11.4. The molecule has 0 bridgehead atoms. The van der Waals surface area contributed by atoms with E-state index in [2.05, 4.69) is 10.6 Å². The van der Waals surface area contributed by atoms with Crippen molar-refractivity contribution >= 4 is 5.91 Å². The Balaban J connectivity index is 2.02. The van der Waals surface area contributed by atoms with Crippen LogP contribution in [0, 0.1) is 5.92 Å². The summed E-state index contributed by atoms with van der Waals surface area (Å²) in [5.41, 5.74) is 0. The summed E-state index contributed by atoms with van der Waals surface area (Å²) < 4.78 is 0. The van der Waals surface area contributed by atoms with Gasteiger partial charge >= 0.3 is 0 Å². The third-order valence-electron chi connectivity index (χ3n) is 2.92. The molecule has 0 unspecified atom stereocenters. The van der Waals surface area contributed by atoms with Gasteiger partial charge in [-0.15, -0.1) is 0 Å². The normalized spacial score (nSPS) is 18.1. The maximum Gasteiger partial charge on any atom is 0.220 e. The van der Waals surface area contributed by atoms with Crippen molar-refractivity contribution in [2.75, 3.05) is 13.1 Å². The molecule has 1 aliphatic rings. The first kappa shape index (κ1) is 12.5. The highest BCUT2D eigenvalue weighted by molar-refractivity contribution is 5.76. The van der Waals surface area contributed by atoms with Gasteiger partial charge in [-0.2, -0.15) is 0 Å². The smallest absolute Gasteiger partial charge is 0.220 e. The van der Waals surface area contributed by atoms with E-state index in [9.17, 15) is 4.79 Å². The Kier molecular flexibility index (Phi) is 5.69. The molecule has 1 amide bonds. The van der Waals surface area contributed by atoms with Gasteiger partial charge in [-0.3, -0.25) is 4.79 Å². The van der Waals surface area contributed by atoms with Gasteiger partial charge in [0.1, 0.15) is 0 Å². The molecule has 0 aromatic carbocycles. The van der Waals surface area contributed by atoms with Crippen LogP contribution in [-0.4, -0.2) is 25.0 Å². The molecule has 0 saturated carbocycles. The molecule has 1 aliphatic heterocycles. The first-order valence-electron chi connectivity index (χ1n) is 6.18. The summed E-state index contributed by atoms with van der Waals surface area (Å²) in [6.07, 6.45) is 5.52. The van der Waals surface area contributed by atoms with Crippen molar-refractivity contribution < 1.29 is 4.79 Å². The highest BCUT2D eigenvalue weighted by Crippen LogP contribution is 2.18. The van der Waals surface area contributed by atoms with E-state index >= 15 is 0 Å². The average Bonchev–Trinajstić information content (AvgIpc) is 2.18. The van der Waals surface area contributed by atoms with Crippen LogP contribution < -0.4 is 10.6 Å². The van der Waals surface area contributed by atoms with Gasteiger partial charge in [0.15, 0.2) is 0 Å². The zero-order valence-corrected chi connectivity index (χ0v) is 10.0. The lowest BCUT2D eigenvalue weighted by Gasteiger charge is -2.22. The molecule has 3 heteroatoms. The number of rotatable bonds is 5. The second kappa shape index (κ2) is 6.83. The van der Waals surface area contributed by atoms with Crippen LogP contribution in [0.15, 0.2) is 0 Å². The third-order valence-corrected chi connectivity index (χ3v) is 2.92. The molecule has 0 aliphatic carbocycles. The predicted octanol–water partition coefficient (Wildman–Crippen LogP) is 1.68. The molecule has 1 fully saturated rings. The van der Waals surface area contributed by atoms with E-state index in [-0.39, 0.29) is 11.9 Å². The van der Waals surface area contributed by atoms with Crippen LogP contribution in [0.1, 0.15) is 46.0 Å².